The van der Waals surface area contributed by atoms with Gasteiger partial charge in [0.15, 0.2) is 9.84 Å². The Hall–Kier alpha value is -0.300. The second-order valence-electron chi connectivity index (χ2n) is 4.84. The van der Waals surface area contributed by atoms with Crippen LogP contribution >= 0.6 is 22.6 Å². The maximum absolute atomic E-state index is 12.0. The van der Waals surface area contributed by atoms with Crippen LogP contribution in [0.1, 0.15) is 26.3 Å². The normalized spacial score (nSPS) is 12.5. The summed E-state index contributed by atoms with van der Waals surface area (Å²) in [4.78, 5) is 0.279. The van der Waals surface area contributed by atoms with Crippen molar-refractivity contribution < 1.29 is 13.2 Å². The first-order chi connectivity index (χ1) is 7.72. The molecule has 3 nitrogen and oxygen atoms in total. The maximum Gasteiger partial charge on any atom is 0.191 e. The number of hydrogen-bond acceptors (Lipinski definition) is 3. The number of ether oxygens (including phenoxy) is 1. The van der Waals surface area contributed by atoms with Crippen LogP contribution in [0.3, 0.4) is 0 Å². The van der Waals surface area contributed by atoms with E-state index in [2.05, 4.69) is 20.8 Å². The SMILES string of the molecule is COc1ccc(C(C)(C)C)cc1S(=O)(=O)CI. The summed E-state index contributed by atoms with van der Waals surface area (Å²) in [6, 6.07) is 5.34. The molecular formula is C12H17IO3S. The molecule has 0 saturated carbocycles. The van der Waals surface area contributed by atoms with Crippen molar-refractivity contribution in [1.29, 1.82) is 0 Å². The Kier molecular flexibility index (Phi) is 4.46. The van der Waals surface area contributed by atoms with Gasteiger partial charge in [-0.1, -0.05) is 49.4 Å². The van der Waals surface area contributed by atoms with Gasteiger partial charge in [0.1, 0.15) is 14.4 Å². The van der Waals surface area contributed by atoms with Crippen LogP contribution in [0.15, 0.2) is 23.1 Å². The van der Waals surface area contributed by atoms with Crippen LogP contribution in [-0.2, 0) is 15.3 Å². The second kappa shape index (κ2) is 5.14. The quantitative estimate of drug-likeness (QED) is 0.608. The summed E-state index contributed by atoms with van der Waals surface area (Å²) in [6.45, 7) is 6.15. The molecule has 0 amide bonds. The van der Waals surface area contributed by atoms with Crippen LogP contribution in [-0.4, -0.2) is 19.3 Å². The maximum atomic E-state index is 12.0. The first kappa shape index (κ1) is 14.8. The Morgan fingerprint density at radius 1 is 1.29 bits per heavy atom. The highest BCUT2D eigenvalue weighted by Crippen LogP contribution is 2.31. The predicted octanol–water partition coefficient (Wildman–Crippen LogP) is 3.16. The summed E-state index contributed by atoms with van der Waals surface area (Å²) in [6.07, 6.45) is 0. The van der Waals surface area contributed by atoms with Crippen molar-refractivity contribution in [3.05, 3.63) is 23.8 Å². The number of methoxy groups -OCH3 is 1. The number of benzene rings is 1. The van der Waals surface area contributed by atoms with Gasteiger partial charge in [0.05, 0.1) is 7.11 Å². The summed E-state index contributed by atoms with van der Waals surface area (Å²) in [5, 5.41) is 0. The number of rotatable bonds is 3. The van der Waals surface area contributed by atoms with E-state index in [0.717, 1.165) is 5.56 Å². The van der Waals surface area contributed by atoms with Gasteiger partial charge in [-0.15, -0.1) is 0 Å². The highest BCUT2D eigenvalue weighted by atomic mass is 127. The Balaban J connectivity index is 3.46. The molecule has 0 heterocycles. The van der Waals surface area contributed by atoms with Crippen molar-refractivity contribution in [1.82, 2.24) is 0 Å². The van der Waals surface area contributed by atoms with Gasteiger partial charge < -0.3 is 4.74 Å². The third-order valence-corrected chi connectivity index (χ3v) is 6.24. The van der Waals surface area contributed by atoms with Gasteiger partial charge in [0.2, 0.25) is 0 Å². The Labute approximate surface area is 117 Å². The van der Waals surface area contributed by atoms with E-state index in [1.54, 1.807) is 12.1 Å². The molecule has 0 aliphatic rings. The van der Waals surface area contributed by atoms with Gasteiger partial charge in [-0.3, -0.25) is 0 Å². The summed E-state index contributed by atoms with van der Waals surface area (Å²) in [5.41, 5.74) is 0.906. The first-order valence-corrected chi connectivity index (χ1v) is 8.37. The van der Waals surface area contributed by atoms with E-state index < -0.39 is 9.84 Å². The topological polar surface area (TPSA) is 43.4 Å². The lowest BCUT2D eigenvalue weighted by Crippen LogP contribution is -2.13. The molecule has 0 atom stereocenters. The van der Waals surface area contributed by atoms with Gasteiger partial charge in [0.25, 0.3) is 0 Å². The Morgan fingerprint density at radius 3 is 2.29 bits per heavy atom. The highest BCUT2D eigenvalue weighted by Gasteiger charge is 2.22. The van der Waals surface area contributed by atoms with Gasteiger partial charge in [0, 0.05) is 0 Å². The lowest BCUT2D eigenvalue weighted by atomic mass is 9.87. The fourth-order valence-corrected chi connectivity index (χ4v) is 3.33. The molecular weight excluding hydrogens is 351 g/mol. The molecule has 1 aromatic carbocycles. The molecule has 0 fully saturated rings. The van der Waals surface area contributed by atoms with Gasteiger partial charge in [-0.25, -0.2) is 8.42 Å². The summed E-state index contributed by atoms with van der Waals surface area (Å²) < 4.78 is 29.1. The van der Waals surface area contributed by atoms with E-state index in [0.29, 0.717) is 5.75 Å². The van der Waals surface area contributed by atoms with E-state index in [1.807, 2.05) is 28.7 Å². The van der Waals surface area contributed by atoms with Crippen LogP contribution in [0.5, 0.6) is 5.75 Å². The van der Waals surface area contributed by atoms with E-state index >= 15 is 0 Å². The standard InChI is InChI=1S/C12H17IO3S/c1-12(2,3)9-5-6-10(16-4)11(7-9)17(14,15)8-13/h5-7H,8H2,1-4H3. The Morgan fingerprint density at radius 2 is 1.88 bits per heavy atom. The summed E-state index contributed by atoms with van der Waals surface area (Å²) >= 11 is 1.86. The molecule has 0 aliphatic heterocycles. The fourth-order valence-electron chi connectivity index (χ4n) is 1.45. The number of alkyl halides is 1. The fraction of sp³-hybridized carbons (Fsp3) is 0.500. The monoisotopic (exact) mass is 368 g/mol. The minimum Gasteiger partial charge on any atom is -0.495 e. The van der Waals surface area contributed by atoms with E-state index in [9.17, 15) is 8.42 Å². The van der Waals surface area contributed by atoms with Crippen molar-refractivity contribution in [2.24, 2.45) is 0 Å². The molecule has 0 N–H and O–H groups in total. The molecule has 0 unspecified atom stereocenters. The molecule has 0 radical (unpaired) electrons. The van der Waals surface area contributed by atoms with Crippen molar-refractivity contribution in [3.63, 3.8) is 0 Å². The zero-order valence-electron chi connectivity index (χ0n) is 10.5. The van der Waals surface area contributed by atoms with Crippen molar-refractivity contribution in [2.75, 3.05) is 10.9 Å². The molecule has 17 heavy (non-hydrogen) atoms. The Bertz CT molecular complexity index is 501. The zero-order chi connectivity index (χ0) is 13.3. The van der Waals surface area contributed by atoms with E-state index in [-0.39, 0.29) is 14.1 Å². The number of sulfone groups is 1. The molecule has 5 heteroatoms. The minimum absolute atomic E-state index is 0.0503. The smallest absolute Gasteiger partial charge is 0.191 e. The van der Waals surface area contributed by atoms with Crippen LogP contribution < -0.4 is 4.74 Å². The summed E-state index contributed by atoms with van der Waals surface area (Å²) in [5.74, 6) is 0.412. The molecule has 0 aromatic heterocycles. The molecule has 0 aliphatic carbocycles. The minimum atomic E-state index is -3.26. The number of halogens is 1. The van der Waals surface area contributed by atoms with Crippen molar-refractivity contribution in [3.8, 4) is 5.75 Å². The highest BCUT2D eigenvalue weighted by molar-refractivity contribution is 14.1. The average Bonchev–Trinajstić information content (AvgIpc) is 2.27. The molecule has 0 bridgehead atoms. The van der Waals surface area contributed by atoms with Gasteiger partial charge in [-0.05, 0) is 23.1 Å². The van der Waals surface area contributed by atoms with Crippen molar-refractivity contribution >= 4 is 32.4 Å². The summed E-state index contributed by atoms with van der Waals surface area (Å²) in [7, 11) is -1.78. The van der Waals surface area contributed by atoms with Gasteiger partial charge >= 0.3 is 0 Å². The van der Waals surface area contributed by atoms with Crippen LogP contribution in [0, 0.1) is 0 Å². The second-order valence-corrected chi connectivity index (χ2v) is 8.60. The molecule has 0 saturated heterocycles. The molecule has 96 valence electrons. The lowest BCUT2D eigenvalue weighted by Gasteiger charge is -2.20. The third kappa shape index (κ3) is 3.34. The largest absolute Gasteiger partial charge is 0.495 e. The van der Waals surface area contributed by atoms with Crippen LogP contribution in [0.2, 0.25) is 0 Å². The molecule has 0 spiro atoms. The lowest BCUT2D eigenvalue weighted by molar-refractivity contribution is 0.402. The van der Waals surface area contributed by atoms with Crippen molar-refractivity contribution in [2.45, 2.75) is 31.1 Å². The zero-order valence-corrected chi connectivity index (χ0v) is 13.4. The van der Waals surface area contributed by atoms with Crippen LogP contribution in [0.25, 0.3) is 0 Å². The number of hydrogen-bond donors (Lipinski definition) is 0. The van der Waals surface area contributed by atoms with E-state index in [1.165, 1.54) is 7.11 Å². The van der Waals surface area contributed by atoms with Gasteiger partial charge in [-0.2, -0.15) is 0 Å². The molecule has 1 aromatic rings. The van der Waals surface area contributed by atoms with E-state index in [4.69, 9.17) is 4.74 Å². The predicted molar refractivity (Wildman–Crippen MR) is 77.8 cm³/mol. The van der Waals surface area contributed by atoms with Crippen LogP contribution in [0.4, 0.5) is 0 Å². The molecule has 1 rings (SSSR count). The third-order valence-electron chi connectivity index (χ3n) is 2.51. The average molecular weight is 368 g/mol. The first-order valence-electron chi connectivity index (χ1n) is 5.19.